The van der Waals surface area contributed by atoms with E-state index in [1.165, 1.54) is 0 Å². The summed E-state index contributed by atoms with van der Waals surface area (Å²) in [5.41, 5.74) is 6.52. The molecule has 1 amide bonds. The summed E-state index contributed by atoms with van der Waals surface area (Å²) in [5.74, 6) is -0.0937. The van der Waals surface area contributed by atoms with Crippen LogP contribution in [0.1, 0.15) is 16.2 Å². The van der Waals surface area contributed by atoms with E-state index in [0.717, 1.165) is 32.8 Å². The molecule has 1 aromatic heterocycles. The molecular weight excluding hydrogens is 246 g/mol. The van der Waals surface area contributed by atoms with Crippen LogP contribution in [0.25, 0.3) is 0 Å². The average Bonchev–Trinajstić information content (AvgIpc) is 2.38. The molecule has 7 nitrogen and oxygen atoms in total. The maximum absolute atomic E-state index is 11.9. The summed E-state index contributed by atoms with van der Waals surface area (Å²) in [6, 6.07) is 1.63. The maximum Gasteiger partial charge on any atom is 0.270 e. The van der Waals surface area contributed by atoms with E-state index in [2.05, 4.69) is 20.2 Å². The molecule has 1 fully saturated rings. The molecule has 0 unspecified atom stereocenters. The molecule has 1 aromatic rings. The highest BCUT2D eigenvalue weighted by atomic mass is 16.5. The number of nitrogen functional groups attached to an aromatic ring is 1. The van der Waals surface area contributed by atoms with Crippen molar-refractivity contribution in [2.45, 2.75) is 6.92 Å². The molecule has 7 heteroatoms. The number of morpholine rings is 1. The predicted octanol–water partition coefficient (Wildman–Crippen LogP) is -0.571. The number of carbonyl (C=O) groups is 1. The van der Waals surface area contributed by atoms with Crippen molar-refractivity contribution in [2.24, 2.45) is 0 Å². The van der Waals surface area contributed by atoms with Gasteiger partial charge in [0.1, 0.15) is 5.69 Å². The number of anilines is 1. The zero-order valence-electron chi connectivity index (χ0n) is 11.1. The summed E-state index contributed by atoms with van der Waals surface area (Å²) in [6.07, 6.45) is 0. The topological polar surface area (TPSA) is 93.4 Å². The third-order valence-corrected chi connectivity index (χ3v) is 2.92. The zero-order chi connectivity index (χ0) is 13.7. The maximum atomic E-state index is 11.9. The molecule has 0 radical (unpaired) electrons. The van der Waals surface area contributed by atoms with E-state index < -0.39 is 0 Å². The third-order valence-electron chi connectivity index (χ3n) is 2.92. The Morgan fingerprint density at radius 3 is 2.89 bits per heavy atom. The fourth-order valence-electron chi connectivity index (χ4n) is 1.95. The number of hydrogen-bond donors (Lipinski definition) is 2. The number of nitrogens with zero attached hydrogens (tertiary/aromatic N) is 3. The summed E-state index contributed by atoms with van der Waals surface area (Å²) in [7, 11) is 0. The van der Waals surface area contributed by atoms with Crippen molar-refractivity contribution >= 4 is 11.9 Å². The van der Waals surface area contributed by atoms with E-state index in [4.69, 9.17) is 10.5 Å². The number of amides is 1. The second-order valence-electron chi connectivity index (χ2n) is 4.46. The largest absolute Gasteiger partial charge is 0.379 e. The van der Waals surface area contributed by atoms with Crippen molar-refractivity contribution in [3.05, 3.63) is 17.5 Å². The lowest BCUT2D eigenvalue weighted by Crippen LogP contribution is -2.41. The molecule has 1 aliphatic heterocycles. The van der Waals surface area contributed by atoms with Crippen LogP contribution >= 0.6 is 0 Å². The third kappa shape index (κ3) is 4.15. The minimum absolute atomic E-state index is 0.123. The van der Waals surface area contributed by atoms with Gasteiger partial charge in [-0.1, -0.05) is 0 Å². The second-order valence-corrected chi connectivity index (χ2v) is 4.46. The molecule has 19 heavy (non-hydrogen) atoms. The van der Waals surface area contributed by atoms with E-state index in [9.17, 15) is 4.79 Å². The van der Waals surface area contributed by atoms with Crippen molar-refractivity contribution < 1.29 is 9.53 Å². The van der Waals surface area contributed by atoms with E-state index in [1.807, 2.05) is 0 Å². The number of aryl methyl sites for hydroxylation is 1. The Kier molecular flexibility index (Phi) is 4.64. The van der Waals surface area contributed by atoms with Gasteiger partial charge in [0.15, 0.2) is 0 Å². The highest BCUT2D eigenvalue weighted by Crippen LogP contribution is 2.01. The quantitative estimate of drug-likeness (QED) is 0.757. The standard InChI is InChI=1S/C12H19N5O2/c1-9-8-10(16-12(13)15-9)11(18)14-2-3-17-4-6-19-7-5-17/h8H,2-7H2,1H3,(H,14,18)(H2,13,15,16). The van der Waals surface area contributed by atoms with Gasteiger partial charge in [0.2, 0.25) is 5.95 Å². The van der Waals surface area contributed by atoms with E-state index in [-0.39, 0.29) is 11.9 Å². The fourth-order valence-corrected chi connectivity index (χ4v) is 1.95. The van der Waals surface area contributed by atoms with Gasteiger partial charge >= 0.3 is 0 Å². The van der Waals surface area contributed by atoms with Crippen LogP contribution in [0.15, 0.2) is 6.07 Å². The van der Waals surface area contributed by atoms with Gasteiger partial charge < -0.3 is 15.8 Å². The van der Waals surface area contributed by atoms with Gasteiger partial charge in [0, 0.05) is 31.9 Å². The second kappa shape index (κ2) is 6.44. The first-order valence-electron chi connectivity index (χ1n) is 6.34. The van der Waals surface area contributed by atoms with Crippen LogP contribution in [0.4, 0.5) is 5.95 Å². The van der Waals surface area contributed by atoms with E-state index >= 15 is 0 Å². The highest BCUT2D eigenvalue weighted by Gasteiger charge is 2.12. The summed E-state index contributed by atoms with van der Waals surface area (Å²) >= 11 is 0. The van der Waals surface area contributed by atoms with Crippen LogP contribution in [0.3, 0.4) is 0 Å². The smallest absolute Gasteiger partial charge is 0.270 e. The normalized spacial score (nSPS) is 16.3. The number of nitrogens with two attached hydrogens (primary N) is 1. The molecule has 1 aliphatic rings. The lowest BCUT2D eigenvalue weighted by molar-refractivity contribution is 0.0383. The van der Waals surface area contributed by atoms with Crippen molar-refractivity contribution in [2.75, 3.05) is 45.1 Å². The lowest BCUT2D eigenvalue weighted by atomic mass is 10.3. The molecule has 2 heterocycles. The Morgan fingerprint density at radius 2 is 2.21 bits per heavy atom. The number of carbonyl (C=O) groups excluding carboxylic acids is 1. The van der Waals surface area contributed by atoms with Crippen LogP contribution in [0.5, 0.6) is 0 Å². The van der Waals surface area contributed by atoms with Gasteiger partial charge in [-0.25, -0.2) is 9.97 Å². The molecule has 0 saturated carbocycles. The first kappa shape index (κ1) is 13.7. The average molecular weight is 265 g/mol. The van der Waals surface area contributed by atoms with E-state index in [0.29, 0.717) is 17.9 Å². The molecule has 3 N–H and O–H groups in total. The highest BCUT2D eigenvalue weighted by molar-refractivity contribution is 5.92. The molecule has 0 aromatic carbocycles. The zero-order valence-corrected chi connectivity index (χ0v) is 11.1. The summed E-state index contributed by atoms with van der Waals surface area (Å²) in [4.78, 5) is 22.0. The van der Waals surface area contributed by atoms with Crippen molar-refractivity contribution in [1.82, 2.24) is 20.2 Å². The predicted molar refractivity (Wildman–Crippen MR) is 70.8 cm³/mol. The first-order chi connectivity index (χ1) is 9.15. The molecule has 0 bridgehead atoms. The van der Waals surface area contributed by atoms with E-state index in [1.54, 1.807) is 13.0 Å². The number of hydrogen-bond acceptors (Lipinski definition) is 6. The summed E-state index contributed by atoms with van der Waals surface area (Å²) in [6.45, 7) is 6.52. The van der Waals surface area contributed by atoms with Crippen LogP contribution in [0.2, 0.25) is 0 Å². The Morgan fingerprint density at radius 1 is 1.47 bits per heavy atom. The molecule has 0 spiro atoms. The van der Waals surface area contributed by atoms with Gasteiger partial charge in [0.05, 0.1) is 13.2 Å². The van der Waals surface area contributed by atoms with Crippen LogP contribution in [0, 0.1) is 6.92 Å². The summed E-state index contributed by atoms with van der Waals surface area (Å²) in [5, 5.41) is 2.83. The fraction of sp³-hybridized carbons (Fsp3) is 0.583. The molecular formula is C12H19N5O2. The Labute approximate surface area is 112 Å². The number of rotatable bonds is 4. The number of aromatic nitrogens is 2. The molecule has 104 valence electrons. The monoisotopic (exact) mass is 265 g/mol. The van der Waals surface area contributed by atoms with Crippen molar-refractivity contribution in [1.29, 1.82) is 0 Å². The lowest BCUT2D eigenvalue weighted by Gasteiger charge is -2.26. The minimum Gasteiger partial charge on any atom is -0.379 e. The van der Waals surface area contributed by atoms with Gasteiger partial charge in [-0.15, -0.1) is 0 Å². The van der Waals surface area contributed by atoms with Gasteiger partial charge in [-0.3, -0.25) is 9.69 Å². The minimum atomic E-state index is -0.217. The summed E-state index contributed by atoms with van der Waals surface area (Å²) < 4.78 is 5.26. The first-order valence-corrected chi connectivity index (χ1v) is 6.34. The number of nitrogens with one attached hydrogen (secondary N) is 1. The van der Waals surface area contributed by atoms with Crippen LogP contribution in [-0.4, -0.2) is 60.2 Å². The molecule has 0 aliphatic carbocycles. The number of ether oxygens (including phenoxy) is 1. The van der Waals surface area contributed by atoms with Crippen LogP contribution < -0.4 is 11.1 Å². The van der Waals surface area contributed by atoms with Gasteiger partial charge in [-0.05, 0) is 13.0 Å². The molecule has 2 rings (SSSR count). The Hall–Kier alpha value is -1.73. The van der Waals surface area contributed by atoms with Crippen LogP contribution in [-0.2, 0) is 4.74 Å². The SMILES string of the molecule is Cc1cc(C(=O)NCCN2CCOCC2)nc(N)n1. The molecule has 1 saturated heterocycles. The van der Waals surface area contributed by atoms with Crippen molar-refractivity contribution in [3.63, 3.8) is 0 Å². The molecule has 0 atom stereocenters. The van der Waals surface area contributed by atoms with Gasteiger partial charge in [0.25, 0.3) is 5.91 Å². The van der Waals surface area contributed by atoms with Crippen molar-refractivity contribution in [3.8, 4) is 0 Å². The Bertz CT molecular complexity index is 425. The van der Waals surface area contributed by atoms with Gasteiger partial charge in [-0.2, -0.15) is 0 Å². The Balaban J connectivity index is 1.80.